The molecule has 3 nitrogen and oxygen atoms in total. The number of nitrogens with one attached hydrogen (secondary N) is 1. The minimum absolute atomic E-state index is 0.122. The summed E-state index contributed by atoms with van der Waals surface area (Å²) in [6.07, 6.45) is -2.90. The molecule has 0 saturated carbocycles. The molecular weight excluding hydrogens is 226 g/mol. The van der Waals surface area contributed by atoms with Crippen molar-refractivity contribution in [2.24, 2.45) is 0 Å². The minimum atomic E-state index is -2.78. The summed E-state index contributed by atoms with van der Waals surface area (Å²) in [7, 11) is 0. The van der Waals surface area contributed by atoms with Crippen LogP contribution in [-0.2, 0) is 12.3 Å². The van der Waals surface area contributed by atoms with Gasteiger partial charge in [-0.3, -0.25) is 4.79 Å². The van der Waals surface area contributed by atoms with Crippen LogP contribution in [0, 0.1) is 11.3 Å². The van der Waals surface area contributed by atoms with E-state index >= 15 is 0 Å². The third kappa shape index (κ3) is 2.54. The largest absolute Gasteiger partial charge is 0.321 e. The number of nitriles is 1. The molecule has 0 aliphatic heterocycles. The molecule has 0 aliphatic carbocycles. The summed E-state index contributed by atoms with van der Waals surface area (Å²) in [6.45, 7) is 0. The van der Waals surface area contributed by atoms with E-state index in [4.69, 9.17) is 16.9 Å². The maximum Gasteiger partial charge on any atom is 0.278 e. The zero-order valence-electron chi connectivity index (χ0n) is 7.56. The van der Waals surface area contributed by atoms with E-state index in [1.807, 2.05) is 4.98 Å². The van der Waals surface area contributed by atoms with E-state index in [1.165, 1.54) is 6.07 Å². The first-order valence-electron chi connectivity index (χ1n) is 4.06. The van der Waals surface area contributed by atoms with Crippen molar-refractivity contribution in [2.75, 3.05) is 0 Å². The van der Waals surface area contributed by atoms with Crippen LogP contribution in [-0.4, -0.2) is 4.98 Å². The van der Waals surface area contributed by atoms with Crippen LogP contribution in [0.25, 0.3) is 0 Å². The first kappa shape index (κ1) is 11.7. The fourth-order valence-corrected chi connectivity index (χ4v) is 1.38. The van der Waals surface area contributed by atoms with E-state index in [0.29, 0.717) is 0 Å². The number of hydrogen-bond acceptors (Lipinski definition) is 2. The van der Waals surface area contributed by atoms with Crippen molar-refractivity contribution in [3.05, 3.63) is 33.2 Å². The highest BCUT2D eigenvalue weighted by Crippen LogP contribution is 2.21. The molecule has 1 aromatic heterocycles. The standard InChI is InChI=1S/C9H7ClF2N2O/c10-4-6-3-5(1-2-13)9(15)14-7(6)8(11)12/h3,8H,1,4H2,(H,14,15). The van der Waals surface area contributed by atoms with Crippen molar-refractivity contribution >= 4 is 11.6 Å². The van der Waals surface area contributed by atoms with Crippen LogP contribution in [0.3, 0.4) is 0 Å². The summed E-state index contributed by atoms with van der Waals surface area (Å²) in [5, 5.41) is 8.40. The van der Waals surface area contributed by atoms with Gasteiger partial charge < -0.3 is 4.98 Å². The van der Waals surface area contributed by atoms with Gasteiger partial charge in [0.1, 0.15) is 0 Å². The molecule has 6 heteroatoms. The predicted molar refractivity (Wildman–Crippen MR) is 50.9 cm³/mol. The molecule has 0 spiro atoms. The number of halogens is 3. The van der Waals surface area contributed by atoms with E-state index in [0.717, 1.165) is 0 Å². The molecule has 15 heavy (non-hydrogen) atoms. The lowest BCUT2D eigenvalue weighted by Gasteiger charge is -2.06. The molecule has 1 aromatic rings. The Morgan fingerprint density at radius 3 is 2.67 bits per heavy atom. The Labute approximate surface area is 89.3 Å². The van der Waals surface area contributed by atoms with E-state index in [-0.39, 0.29) is 23.4 Å². The molecule has 0 saturated heterocycles. The molecule has 80 valence electrons. The highest BCUT2D eigenvalue weighted by molar-refractivity contribution is 6.17. The van der Waals surface area contributed by atoms with Crippen LogP contribution in [0.1, 0.15) is 23.2 Å². The normalized spacial score (nSPS) is 10.3. The maximum atomic E-state index is 12.4. The molecule has 0 atom stereocenters. The maximum absolute atomic E-state index is 12.4. The third-order valence-corrected chi connectivity index (χ3v) is 2.15. The zero-order valence-corrected chi connectivity index (χ0v) is 8.31. The van der Waals surface area contributed by atoms with E-state index in [1.54, 1.807) is 6.07 Å². The van der Waals surface area contributed by atoms with Crippen LogP contribution in [0.15, 0.2) is 10.9 Å². The molecule has 0 fully saturated rings. The quantitative estimate of drug-likeness (QED) is 0.812. The Bertz CT molecular complexity index is 450. The van der Waals surface area contributed by atoms with E-state index < -0.39 is 17.7 Å². The van der Waals surface area contributed by atoms with Crippen molar-refractivity contribution in [3.8, 4) is 6.07 Å². The third-order valence-electron chi connectivity index (χ3n) is 1.87. The number of aromatic amines is 1. The molecule has 0 radical (unpaired) electrons. The molecule has 0 aromatic carbocycles. The van der Waals surface area contributed by atoms with Crippen LogP contribution in [0.4, 0.5) is 8.78 Å². The lowest BCUT2D eigenvalue weighted by Crippen LogP contribution is -2.16. The number of aromatic nitrogens is 1. The SMILES string of the molecule is N#CCc1cc(CCl)c(C(F)F)[nH]c1=O. The number of nitrogens with zero attached hydrogens (tertiary/aromatic N) is 1. The lowest BCUT2D eigenvalue weighted by molar-refractivity contribution is 0.145. The predicted octanol–water partition coefficient (Wildman–Crippen LogP) is 2.12. The van der Waals surface area contributed by atoms with Crippen LogP contribution < -0.4 is 5.56 Å². The highest BCUT2D eigenvalue weighted by Gasteiger charge is 2.15. The molecule has 1 rings (SSSR count). The Morgan fingerprint density at radius 1 is 1.53 bits per heavy atom. The Morgan fingerprint density at radius 2 is 2.20 bits per heavy atom. The zero-order chi connectivity index (χ0) is 11.4. The van der Waals surface area contributed by atoms with Gasteiger partial charge in [-0.1, -0.05) is 0 Å². The molecule has 1 N–H and O–H groups in total. The van der Waals surface area contributed by atoms with Crippen molar-refractivity contribution in [2.45, 2.75) is 18.7 Å². The van der Waals surface area contributed by atoms with Crippen molar-refractivity contribution < 1.29 is 8.78 Å². The summed E-state index contributed by atoms with van der Waals surface area (Å²) in [6, 6.07) is 3.02. The Hall–Kier alpha value is -1.41. The fraction of sp³-hybridized carbons (Fsp3) is 0.333. The van der Waals surface area contributed by atoms with E-state index in [2.05, 4.69) is 0 Å². The van der Waals surface area contributed by atoms with Gasteiger partial charge in [0.2, 0.25) is 0 Å². The summed E-state index contributed by atoms with van der Waals surface area (Å²) >= 11 is 5.46. The van der Waals surface area contributed by atoms with Crippen molar-refractivity contribution in [1.29, 1.82) is 5.26 Å². The van der Waals surface area contributed by atoms with Crippen molar-refractivity contribution in [3.63, 3.8) is 0 Å². The Kier molecular flexibility index (Phi) is 3.81. The number of hydrogen-bond donors (Lipinski definition) is 1. The number of alkyl halides is 3. The lowest BCUT2D eigenvalue weighted by atomic mass is 10.1. The van der Waals surface area contributed by atoms with Gasteiger partial charge in [-0.05, 0) is 11.6 Å². The van der Waals surface area contributed by atoms with Crippen LogP contribution in [0.5, 0.6) is 0 Å². The second-order valence-corrected chi connectivity index (χ2v) is 3.10. The monoisotopic (exact) mass is 232 g/mol. The molecule has 0 aliphatic rings. The van der Waals surface area contributed by atoms with Crippen LogP contribution in [0.2, 0.25) is 0 Å². The number of rotatable bonds is 3. The van der Waals surface area contributed by atoms with Gasteiger partial charge >= 0.3 is 0 Å². The summed E-state index contributed by atoms with van der Waals surface area (Å²) in [5.41, 5.74) is -0.841. The van der Waals surface area contributed by atoms with Gasteiger partial charge in [-0.2, -0.15) is 5.26 Å². The van der Waals surface area contributed by atoms with Gasteiger partial charge in [0.25, 0.3) is 12.0 Å². The van der Waals surface area contributed by atoms with Gasteiger partial charge in [0, 0.05) is 11.4 Å². The van der Waals surface area contributed by atoms with Gasteiger partial charge in [0.15, 0.2) is 0 Å². The summed E-state index contributed by atoms with van der Waals surface area (Å²) in [4.78, 5) is 13.3. The molecule has 0 amide bonds. The minimum Gasteiger partial charge on any atom is -0.321 e. The average molecular weight is 233 g/mol. The van der Waals surface area contributed by atoms with Gasteiger partial charge in [0.05, 0.1) is 18.2 Å². The molecule has 1 heterocycles. The molecular formula is C9H7ClF2N2O. The smallest absolute Gasteiger partial charge is 0.278 e. The Balaban J connectivity index is 3.30. The van der Waals surface area contributed by atoms with E-state index in [9.17, 15) is 13.6 Å². The summed E-state index contributed by atoms with van der Waals surface area (Å²) in [5.74, 6) is -0.130. The average Bonchev–Trinajstić information content (AvgIpc) is 2.20. The van der Waals surface area contributed by atoms with Gasteiger partial charge in [-0.15, -0.1) is 11.6 Å². The van der Waals surface area contributed by atoms with Crippen LogP contribution >= 0.6 is 11.6 Å². The second kappa shape index (κ2) is 4.89. The summed E-state index contributed by atoms with van der Waals surface area (Å²) < 4.78 is 24.8. The number of H-pyrrole nitrogens is 1. The molecule has 0 bridgehead atoms. The fourth-order valence-electron chi connectivity index (χ4n) is 1.16. The van der Waals surface area contributed by atoms with Crippen molar-refractivity contribution in [1.82, 2.24) is 4.98 Å². The van der Waals surface area contributed by atoms with Gasteiger partial charge in [-0.25, -0.2) is 8.78 Å². The topological polar surface area (TPSA) is 56.6 Å². The highest BCUT2D eigenvalue weighted by atomic mass is 35.5. The molecule has 0 unspecified atom stereocenters. The first-order chi connectivity index (χ1) is 7.10. The second-order valence-electron chi connectivity index (χ2n) is 2.83. The first-order valence-corrected chi connectivity index (χ1v) is 4.59. The number of pyridine rings is 1.